The first kappa shape index (κ1) is 13.8. The third-order valence-electron chi connectivity index (χ3n) is 2.95. The molecule has 1 heterocycles. The molecule has 1 fully saturated rings. The quantitative estimate of drug-likeness (QED) is 0.864. The van der Waals surface area contributed by atoms with Gasteiger partial charge >= 0.3 is 5.97 Å². The van der Waals surface area contributed by atoms with Crippen LogP contribution in [0, 0.1) is 5.92 Å². The minimum Gasteiger partial charge on any atom is -0.494 e. The minimum absolute atomic E-state index is 0.0243. The fraction of sp³-hybridized carbons (Fsp3) is 0.417. The number of nitrogens with zero attached hydrogens (tertiary/aromatic N) is 1. The molecule has 0 atom stereocenters. The van der Waals surface area contributed by atoms with Crippen LogP contribution in [0.5, 0.6) is 5.75 Å². The van der Waals surface area contributed by atoms with Crippen molar-refractivity contribution >= 4 is 16.0 Å². The van der Waals surface area contributed by atoms with Gasteiger partial charge in [-0.2, -0.15) is 4.31 Å². The van der Waals surface area contributed by atoms with Crippen molar-refractivity contribution in [2.24, 2.45) is 5.92 Å². The number of benzene rings is 1. The molecule has 1 aliphatic heterocycles. The number of carboxylic acid groups (broad SMARTS) is 1. The SMILES string of the molecule is CCOc1cccc(S(=O)(=O)N2CC(C(=O)O)C2)c1. The standard InChI is InChI=1S/C12H15NO5S/c1-2-18-10-4-3-5-11(6-10)19(16,17)13-7-9(8-13)12(14)15/h3-6,9H,2,7-8H2,1H3,(H,14,15). The predicted molar refractivity (Wildman–Crippen MR) is 67.5 cm³/mol. The van der Waals surface area contributed by atoms with Crippen LogP contribution >= 0.6 is 0 Å². The Kier molecular flexibility index (Phi) is 3.77. The highest BCUT2D eigenvalue weighted by molar-refractivity contribution is 7.89. The average molecular weight is 285 g/mol. The first-order chi connectivity index (χ1) is 8.95. The van der Waals surface area contributed by atoms with Crippen LogP contribution in [0.1, 0.15) is 6.92 Å². The summed E-state index contributed by atoms with van der Waals surface area (Å²) in [6.07, 6.45) is 0. The number of carboxylic acids is 1. The highest BCUT2D eigenvalue weighted by Crippen LogP contribution is 2.27. The van der Waals surface area contributed by atoms with Gasteiger partial charge in [0.2, 0.25) is 10.0 Å². The second-order valence-corrected chi connectivity index (χ2v) is 6.20. The second-order valence-electron chi connectivity index (χ2n) is 4.27. The Balaban J connectivity index is 2.17. The third-order valence-corrected chi connectivity index (χ3v) is 4.78. The molecule has 0 radical (unpaired) electrons. The van der Waals surface area contributed by atoms with Crippen LogP contribution in [0.2, 0.25) is 0 Å². The number of ether oxygens (including phenoxy) is 1. The zero-order valence-corrected chi connectivity index (χ0v) is 11.3. The molecule has 0 spiro atoms. The maximum atomic E-state index is 12.2. The molecule has 2 rings (SSSR count). The van der Waals surface area contributed by atoms with E-state index < -0.39 is 21.9 Å². The van der Waals surface area contributed by atoms with Gasteiger partial charge in [-0.05, 0) is 19.1 Å². The normalized spacial score (nSPS) is 16.9. The predicted octanol–water partition coefficient (Wildman–Crippen LogP) is 0.790. The van der Waals surface area contributed by atoms with E-state index in [9.17, 15) is 13.2 Å². The lowest BCUT2D eigenvalue weighted by Gasteiger charge is -2.35. The average Bonchev–Trinajstić information content (AvgIpc) is 2.26. The zero-order chi connectivity index (χ0) is 14.0. The molecule has 7 heteroatoms. The van der Waals surface area contributed by atoms with E-state index in [1.807, 2.05) is 6.92 Å². The maximum absolute atomic E-state index is 12.2. The summed E-state index contributed by atoms with van der Waals surface area (Å²) in [4.78, 5) is 10.8. The molecule has 1 aromatic rings. The fourth-order valence-electron chi connectivity index (χ4n) is 1.83. The Bertz CT molecular complexity index is 578. The molecule has 0 aromatic heterocycles. The second kappa shape index (κ2) is 5.18. The van der Waals surface area contributed by atoms with Gasteiger partial charge in [0.25, 0.3) is 0 Å². The van der Waals surface area contributed by atoms with Crippen LogP contribution in [0.25, 0.3) is 0 Å². The molecule has 1 saturated heterocycles. The lowest BCUT2D eigenvalue weighted by molar-refractivity contribution is -0.145. The van der Waals surface area contributed by atoms with Gasteiger partial charge in [0.1, 0.15) is 5.75 Å². The van der Waals surface area contributed by atoms with E-state index in [0.29, 0.717) is 12.4 Å². The zero-order valence-electron chi connectivity index (χ0n) is 10.4. The molecule has 1 aromatic carbocycles. The van der Waals surface area contributed by atoms with Crippen molar-refractivity contribution in [2.45, 2.75) is 11.8 Å². The van der Waals surface area contributed by atoms with E-state index >= 15 is 0 Å². The largest absolute Gasteiger partial charge is 0.494 e. The number of carbonyl (C=O) groups is 1. The monoisotopic (exact) mass is 285 g/mol. The molecule has 1 aliphatic rings. The topological polar surface area (TPSA) is 83.9 Å². The van der Waals surface area contributed by atoms with E-state index in [1.54, 1.807) is 12.1 Å². The van der Waals surface area contributed by atoms with Crippen LogP contribution < -0.4 is 4.74 Å². The van der Waals surface area contributed by atoms with E-state index in [1.165, 1.54) is 12.1 Å². The summed E-state index contributed by atoms with van der Waals surface area (Å²) < 4.78 is 30.9. The molecule has 104 valence electrons. The number of hydrogen-bond donors (Lipinski definition) is 1. The Labute approximate surface area is 111 Å². The molecule has 0 unspecified atom stereocenters. The minimum atomic E-state index is -3.62. The Morgan fingerprint density at radius 1 is 1.47 bits per heavy atom. The smallest absolute Gasteiger partial charge is 0.309 e. The summed E-state index contributed by atoms with van der Waals surface area (Å²) in [7, 11) is -3.62. The van der Waals surface area contributed by atoms with E-state index in [0.717, 1.165) is 4.31 Å². The van der Waals surface area contributed by atoms with Gasteiger partial charge in [0, 0.05) is 19.2 Å². The number of hydrogen-bond acceptors (Lipinski definition) is 4. The maximum Gasteiger partial charge on any atom is 0.309 e. The molecular weight excluding hydrogens is 270 g/mol. The van der Waals surface area contributed by atoms with Crippen molar-refractivity contribution in [3.63, 3.8) is 0 Å². The Morgan fingerprint density at radius 2 is 2.16 bits per heavy atom. The van der Waals surface area contributed by atoms with Crippen LogP contribution in [0.4, 0.5) is 0 Å². The van der Waals surface area contributed by atoms with Crippen molar-refractivity contribution in [2.75, 3.05) is 19.7 Å². The van der Waals surface area contributed by atoms with Crippen LogP contribution in [-0.4, -0.2) is 43.5 Å². The number of aliphatic carboxylic acids is 1. The summed E-state index contributed by atoms with van der Waals surface area (Å²) >= 11 is 0. The van der Waals surface area contributed by atoms with Crippen LogP contribution in [-0.2, 0) is 14.8 Å². The van der Waals surface area contributed by atoms with Crippen molar-refractivity contribution in [1.29, 1.82) is 0 Å². The summed E-state index contributed by atoms with van der Waals surface area (Å²) in [5, 5.41) is 8.76. The summed E-state index contributed by atoms with van der Waals surface area (Å²) in [5.74, 6) is -1.08. The summed E-state index contributed by atoms with van der Waals surface area (Å²) in [6, 6.07) is 6.21. The van der Waals surface area contributed by atoms with Gasteiger partial charge in [-0.15, -0.1) is 0 Å². The molecule has 1 N–H and O–H groups in total. The summed E-state index contributed by atoms with van der Waals surface area (Å²) in [5.41, 5.74) is 0. The van der Waals surface area contributed by atoms with E-state index in [-0.39, 0.29) is 18.0 Å². The highest BCUT2D eigenvalue weighted by atomic mass is 32.2. The van der Waals surface area contributed by atoms with E-state index in [2.05, 4.69) is 0 Å². The molecule has 0 amide bonds. The lowest BCUT2D eigenvalue weighted by atomic mass is 10.0. The molecule has 0 aliphatic carbocycles. The number of rotatable bonds is 5. The van der Waals surface area contributed by atoms with Crippen LogP contribution in [0.3, 0.4) is 0 Å². The van der Waals surface area contributed by atoms with Gasteiger partial charge in [0.05, 0.1) is 17.4 Å². The highest BCUT2D eigenvalue weighted by Gasteiger charge is 2.40. The van der Waals surface area contributed by atoms with Crippen LogP contribution in [0.15, 0.2) is 29.2 Å². The molecular formula is C12H15NO5S. The van der Waals surface area contributed by atoms with Gasteiger partial charge < -0.3 is 9.84 Å². The fourth-order valence-corrected chi connectivity index (χ4v) is 3.40. The van der Waals surface area contributed by atoms with Crippen molar-refractivity contribution in [3.05, 3.63) is 24.3 Å². The van der Waals surface area contributed by atoms with E-state index in [4.69, 9.17) is 9.84 Å². The summed E-state index contributed by atoms with van der Waals surface area (Å²) in [6.45, 7) is 2.31. The van der Waals surface area contributed by atoms with Crippen molar-refractivity contribution in [1.82, 2.24) is 4.31 Å². The lowest BCUT2D eigenvalue weighted by Crippen LogP contribution is -2.52. The van der Waals surface area contributed by atoms with Crippen molar-refractivity contribution < 1.29 is 23.1 Å². The third kappa shape index (κ3) is 2.71. The van der Waals surface area contributed by atoms with Gasteiger partial charge in [-0.3, -0.25) is 4.79 Å². The van der Waals surface area contributed by atoms with Crippen molar-refractivity contribution in [3.8, 4) is 5.75 Å². The molecule has 19 heavy (non-hydrogen) atoms. The number of sulfonamides is 1. The first-order valence-corrected chi connectivity index (χ1v) is 7.35. The Morgan fingerprint density at radius 3 is 2.74 bits per heavy atom. The van der Waals surface area contributed by atoms with Gasteiger partial charge in [-0.25, -0.2) is 8.42 Å². The van der Waals surface area contributed by atoms with Gasteiger partial charge in [0.15, 0.2) is 0 Å². The molecule has 0 saturated carbocycles. The Hall–Kier alpha value is -1.60. The first-order valence-electron chi connectivity index (χ1n) is 5.91. The molecule has 6 nitrogen and oxygen atoms in total. The molecule has 0 bridgehead atoms. The van der Waals surface area contributed by atoms with Gasteiger partial charge in [-0.1, -0.05) is 6.07 Å².